The van der Waals surface area contributed by atoms with E-state index in [0.29, 0.717) is 5.95 Å². The Balaban J connectivity index is 2.43. The first-order chi connectivity index (χ1) is 9.90. The van der Waals surface area contributed by atoms with E-state index in [2.05, 4.69) is 56.0 Å². The molecule has 0 fully saturated rings. The minimum atomic E-state index is 0.220. The Labute approximate surface area is 127 Å². The molecule has 1 aromatic heterocycles. The maximum atomic E-state index is 4.73. The molecular weight excluding hydrogens is 260 g/mol. The smallest absolute Gasteiger partial charge is 0.225 e. The van der Waals surface area contributed by atoms with Gasteiger partial charge in [0, 0.05) is 25.5 Å². The predicted octanol–water partition coefficient (Wildman–Crippen LogP) is 3.93. The maximum Gasteiger partial charge on any atom is 0.225 e. The fourth-order valence-electron chi connectivity index (χ4n) is 2.45. The van der Waals surface area contributed by atoms with Gasteiger partial charge in [0.15, 0.2) is 0 Å². The van der Waals surface area contributed by atoms with E-state index in [4.69, 9.17) is 4.98 Å². The molecule has 0 atom stereocenters. The second-order valence-corrected chi connectivity index (χ2v) is 6.73. The van der Waals surface area contributed by atoms with Crippen molar-refractivity contribution >= 4 is 22.7 Å². The number of rotatable bonds is 5. The lowest BCUT2D eigenvalue weighted by molar-refractivity contribution is 0.418. The van der Waals surface area contributed by atoms with Crippen molar-refractivity contribution < 1.29 is 0 Å². The van der Waals surface area contributed by atoms with E-state index in [-0.39, 0.29) is 5.41 Å². The van der Waals surface area contributed by atoms with Gasteiger partial charge in [-0.3, -0.25) is 0 Å². The zero-order valence-electron chi connectivity index (χ0n) is 13.8. The molecular formula is C17H26N4. The Bertz CT molecular complexity index is 601. The molecule has 114 valence electrons. The molecule has 0 aliphatic rings. The van der Waals surface area contributed by atoms with E-state index < -0.39 is 0 Å². The molecule has 1 N–H and O–H groups in total. The molecule has 0 amide bonds. The van der Waals surface area contributed by atoms with Gasteiger partial charge in [0.1, 0.15) is 5.82 Å². The highest BCUT2D eigenvalue weighted by molar-refractivity contribution is 5.90. The van der Waals surface area contributed by atoms with Crippen LogP contribution in [0.4, 0.5) is 11.8 Å². The number of benzene rings is 1. The minimum absolute atomic E-state index is 0.220. The van der Waals surface area contributed by atoms with Crippen molar-refractivity contribution in [3.8, 4) is 0 Å². The maximum absolute atomic E-state index is 4.73. The molecule has 0 aliphatic heterocycles. The summed E-state index contributed by atoms with van der Waals surface area (Å²) in [6.07, 6.45) is 1.06. The van der Waals surface area contributed by atoms with Gasteiger partial charge in [0.05, 0.1) is 5.52 Å². The standard InChI is InChI=1S/C17H26N4/c1-6-11-18-16-19-14-10-8-7-9-13(14)15(20-16)21(5)12-17(2,3)4/h7-10H,6,11-12H2,1-5H3,(H,18,19,20). The molecule has 2 rings (SSSR count). The summed E-state index contributed by atoms with van der Waals surface area (Å²) < 4.78 is 0. The van der Waals surface area contributed by atoms with Crippen LogP contribution >= 0.6 is 0 Å². The van der Waals surface area contributed by atoms with Crippen LogP contribution in [0.3, 0.4) is 0 Å². The fraction of sp³-hybridized carbons (Fsp3) is 0.529. The number of nitrogens with zero attached hydrogens (tertiary/aromatic N) is 3. The quantitative estimate of drug-likeness (QED) is 0.904. The second-order valence-electron chi connectivity index (χ2n) is 6.73. The lowest BCUT2D eigenvalue weighted by Gasteiger charge is -2.28. The number of anilines is 2. The fourth-order valence-corrected chi connectivity index (χ4v) is 2.45. The molecule has 1 aromatic carbocycles. The summed E-state index contributed by atoms with van der Waals surface area (Å²) in [7, 11) is 2.10. The van der Waals surface area contributed by atoms with Gasteiger partial charge in [-0.1, -0.05) is 39.8 Å². The van der Waals surface area contributed by atoms with Gasteiger partial charge in [-0.25, -0.2) is 4.98 Å². The lowest BCUT2D eigenvalue weighted by Crippen LogP contribution is -2.30. The van der Waals surface area contributed by atoms with Crippen LogP contribution in [0.2, 0.25) is 0 Å². The normalized spacial score (nSPS) is 11.7. The molecule has 2 aromatic rings. The molecule has 4 nitrogen and oxygen atoms in total. The van der Waals surface area contributed by atoms with Gasteiger partial charge in [-0.2, -0.15) is 4.98 Å². The lowest BCUT2D eigenvalue weighted by atomic mass is 9.96. The highest BCUT2D eigenvalue weighted by Gasteiger charge is 2.17. The summed E-state index contributed by atoms with van der Waals surface area (Å²) in [5.74, 6) is 1.71. The molecule has 0 spiro atoms. The molecule has 0 unspecified atom stereocenters. The third-order valence-corrected chi connectivity index (χ3v) is 3.19. The van der Waals surface area contributed by atoms with Crippen molar-refractivity contribution in [2.45, 2.75) is 34.1 Å². The number of para-hydroxylation sites is 1. The second kappa shape index (κ2) is 6.29. The zero-order chi connectivity index (χ0) is 15.5. The Morgan fingerprint density at radius 3 is 2.52 bits per heavy atom. The first kappa shape index (κ1) is 15.5. The van der Waals surface area contributed by atoms with Crippen LogP contribution in [-0.4, -0.2) is 30.1 Å². The highest BCUT2D eigenvalue weighted by Crippen LogP contribution is 2.27. The Morgan fingerprint density at radius 2 is 1.86 bits per heavy atom. The summed E-state index contributed by atoms with van der Waals surface area (Å²) in [6.45, 7) is 10.7. The van der Waals surface area contributed by atoms with E-state index >= 15 is 0 Å². The first-order valence-corrected chi connectivity index (χ1v) is 7.62. The monoisotopic (exact) mass is 286 g/mol. The third-order valence-electron chi connectivity index (χ3n) is 3.19. The number of hydrogen-bond donors (Lipinski definition) is 1. The van der Waals surface area contributed by atoms with Crippen molar-refractivity contribution in [1.29, 1.82) is 0 Å². The van der Waals surface area contributed by atoms with E-state index in [0.717, 1.165) is 36.2 Å². The summed E-state index contributed by atoms with van der Waals surface area (Å²) in [5, 5.41) is 4.40. The minimum Gasteiger partial charge on any atom is -0.358 e. The number of nitrogens with one attached hydrogen (secondary N) is 1. The highest BCUT2D eigenvalue weighted by atomic mass is 15.2. The third kappa shape index (κ3) is 4.06. The molecule has 0 aliphatic carbocycles. The van der Waals surface area contributed by atoms with Gasteiger partial charge in [0.2, 0.25) is 5.95 Å². The largest absolute Gasteiger partial charge is 0.358 e. The Kier molecular flexibility index (Phi) is 4.66. The van der Waals surface area contributed by atoms with Crippen molar-refractivity contribution in [3.05, 3.63) is 24.3 Å². The van der Waals surface area contributed by atoms with Crippen molar-refractivity contribution in [2.75, 3.05) is 30.4 Å². The average Bonchev–Trinajstić information content (AvgIpc) is 2.42. The zero-order valence-corrected chi connectivity index (χ0v) is 13.8. The SMILES string of the molecule is CCCNc1nc(N(C)CC(C)(C)C)c2ccccc2n1. The molecule has 1 heterocycles. The van der Waals surface area contributed by atoms with E-state index in [1.165, 1.54) is 0 Å². The van der Waals surface area contributed by atoms with E-state index in [1.807, 2.05) is 18.2 Å². The van der Waals surface area contributed by atoms with Crippen LogP contribution in [0, 0.1) is 5.41 Å². The first-order valence-electron chi connectivity index (χ1n) is 7.62. The summed E-state index contributed by atoms with van der Waals surface area (Å²) >= 11 is 0. The van der Waals surface area contributed by atoms with Crippen molar-refractivity contribution in [2.24, 2.45) is 5.41 Å². The summed E-state index contributed by atoms with van der Waals surface area (Å²) in [4.78, 5) is 11.6. The number of fused-ring (bicyclic) bond motifs is 1. The van der Waals surface area contributed by atoms with Crippen LogP contribution in [0.1, 0.15) is 34.1 Å². The van der Waals surface area contributed by atoms with Crippen LogP contribution < -0.4 is 10.2 Å². The van der Waals surface area contributed by atoms with Gasteiger partial charge >= 0.3 is 0 Å². The molecule has 21 heavy (non-hydrogen) atoms. The summed E-state index contributed by atoms with van der Waals surface area (Å²) in [6, 6.07) is 8.20. The average molecular weight is 286 g/mol. The van der Waals surface area contributed by atoms with Crippen molar-refractivity contribution in [1.82, 2.24) is 9.97 Å². The van der Waals surface area contributed by atoms with Crippen LogP contribution in [0.15, 0.2) is 24.3 Å². The van der Waals surface area contributed by atoms with E-state index in [1.54, 1.807) is 0 Å². The topological polar surface area (TPSA) is 41.1 Å². The van der Waals surface area contributed by atoms with E-state index in [9.17, 15) is 0 Å². The van der Waals surface area contributed by atoms with Crippen LogP contribution in [-0.2, 0) is 0 Å². The molecule has 4 heteroatoms. The molecule has 0 radical (unpaired) electrons. The van der Waals surface area contributed by atoms with Crippen molar-refractivity contribution in [3.63, 3.8) is 0 Å². The van der Waals surface area contributed by atoms with Gasteiger partial charge < -0.3 is 10.2 Å². The van der Waals surface area contributed by atoms with Crippen LogP contribution in [0.25, 0.3) is 10.9 Å². The Hall–Kier alpha value is -1.84. The number of hydrogen-bond acceptors (Lipinski definition) is 4. The molecule has 0 saturated carbocycles. The van der Waals surface area contributed by atoms with Gasteiger partial charge in [0.25, 0.3) is 0 Å². The summed E-state index contributed by atoms with van der Waals surface area (Å²) in [5.41, 5.74) is 1.21. The van der Waals surface area contributed by atoms with Gasteiger partial charge in [-0.05, 0) is 24.0 Å². The number of aromatic nitrogens is 2. The van der Waals surface area contributed by atoms with Gasteiger partial charge in [-0.15, -0.1) is 0 Å². The van der Waals surface area contributed by atoms with Crippen LogP contribution in [0.5, 0.6) is 0 Å². The molecule has 0 bridgehead atoms. The molecule has 0 saturated heterocycles. The Morgan fingerprint density at radius 1 is 1.14 bits per heavy atom. The predicted molar refractivity (Wildman–Crippen MR) is 91.0 cm³/mol.